The number of halogens is 2. The maximum Gasteiger partial charge on any atom is 0.245 e. The molecule has 1 aromatic rings. The highest BCUT2D eigenvalue weighted by Gasteiger charge is 2.37. The van der Waals surface area contributed by atoms with Crippen LogP contribution in [0.1, 0.15) is 38.7 Å². The van der Waals surface area contributed by atoms with Crippen molar-refractivity contribution in [3.05, 3.63) is 27.7 Å². The third-order valence-corrected chi connectivity index (χ3v) is 7.09. The van der Waals surface area contributed by atoms with Gasteiger partial charge in [-0.15, -0.1) is 0 Å². The van der Waals surface area contributed by atoms with Gasteiger partial charge < -0.3 is 5.73 Å². The predicted molar refractivity (Wildman–Crippen MR) is 86.2 cm³/mol. The number of rotatable bonds is 3. The van der Waals surface area contributed by atoms with Crippen LogP contribution in [-0.4, -0.2) is 24.8 Å². The quantitative estimate of drug-likeness (QED) is 0.908. The molecule has 0 saturated carbocycles. The van der Waals surface area contributed by atoms with Gasteiger partial charge in [0.25, 0.3) is 0 Å². The van der Waals surface area contributed by atoms with Crippen LogP contribution in [0.3, 0.4) is 0 Å². The Balaban J connectivity index is 2.54. The van der Waals surface area contributed by atoms with Crippen LogP contribution in [0.15, 0.2) is 17.0 Å². The van der Waals surface area contributed by atoms with E-state index in [1.54, 1.807) is 10.4 Å². The molecule has 21 heavy (non-hydrogen) atoms. The molecule has 0 aromatic heterocycles. The lowest BCUT2D eigenvalue weighted by Crippen LogP contribution is -2.47. The molecule has 1 saturated heterocycles. The lowest BCUT2D eigenvalue weighted by atomic mass is 10.0. The molecule has 2 N–H and O–H groups in total. The van der Waals surface area contributed by atoms with Crippen LogP contribution in [0.5, 0.6) is 0 Å². The van der Waals surface area contributed by atoms with Crippen LogP contribution in [-0.2, 0) is 16.6 Å². The first kappa shape index (κ1) is 17.0. The molecule has 4 nitrogen and oxygen atoms in total. The fraction of sp³-hybridized carbons (Fsp3) is 0.571. The van der Waals surface area contributed by atoms with Crippen LogP contribution in [0.25, 0.3) is 0 Å². The number of nitrogens with zero attached hydrogens (tertiary/aromatic N) is 1. The maximum absolute atomic E-state index is 13.0. The van der Waals surface area contributed by atoms with Crippen LogP contribution < -0.4 is 5.73 Å². The summed E-state index contributed by atoms with van der Waals surface area (Å²) in [5.41, 5.74) is 6.09. The van der Waals surface area contributed by atoms with E-state index >= 15 is 0 Å². The van der Waals surface area contributed by atoms with Crippen molar-refractivity contribution in [3.63, 3.8) is 0 Å². The minimum absolute atomic E-state index is 0.0354. The van der Waals surface area contributed by atoms with E-state index in [1.807, 2.05) is 13.8 Å². The van der Waals surface area contributed by atoms with E-state index in [-0.39, 0.29) is 28.5 Å². The Hall–Kier alpha value is -0.330. The highest BCUT2D eigenvalue weighted by atomic mass is 35.5. The molecule has 1 aliphatic rings. The van der Waals surface area contributed by atoms with E-state index in [0.717, 1.165) is 19.3 Å². The zero-order valence-corrected chi connectivity index (χ0v) is 14.5. The molecule has 1 fully saturated rings. The Kier molecular flexibility index (Phi) is 5.21. The molecule has 0 aliphatic carbocycles. The average molecular weight is 351 g/mol. The Morgan fingerprint density at radius 1 is 1.24 bits per heavy atom. The molecule has 118 valence electrons. The second-order valence-electron chi connectivity index (χ2n) is 5.51. The molecular formula is C14H20Cl2N2O2S. The van der Waals surface area contributed by atoms with Crippen LogP contribution in [0.2, 0.25) is 10.0 Å². The van der Waals surface area contributed by atoms with E-state index in [2.05, 4.69) is 0 Å². The summed E-state index contributed by atoms with van der Waals surface area (Å²) in [5, 5.41) is 0.524. The largest absolute Gasteiger partial charge is 0.326 e. The fourth-order valence-electron chi connectivity index (χ4n) is 2.95. The van der Waals surface area contributed by atoms with Gasteiger partial charge in [-0.05, 0) is 38.8 Å². The molecule has 0 bridgehead atoms. The third-order valence-electron chi connectivity index (χ3n) is 4.02. The highest BCUT2D eigenvalue weighted by molar-refractivity contribution is 7.89. The summed E-state index contributed by atoms with van der Waals surface area (Å²) in [6.07, 6.45) is 2.76. The first-order chi connectivity index (χ1) is 9.80. The summed E-state index contributed by atoms with van der Waals surface area (Å²) >= 11 is 12.3. The number of hydrogen-bond donors (Lipinski definition) is 1. The molecule has 1 aromatic carbocycles. The van der Waals surface area contributed by atoms with Crippen molar-refractivity contribution in [2.75, 3.05) is 0 Å². The lowest BCUT2D eigenvalue weighted by molar-refractivity contribution is 0.204. The standard InChI is InChI=1S/C14H20Cl2N2O2S/c1-9-4-3-5-10(2)18(9)21(19,20)13-7-6-12(15)11(8-17)14(13)16/h6-7,9-10H,3-5,8,17H2,1-2H3/t9-,10+. The zero-order valence-electron chi connectivity index (χ0n) is 12.1. The monoisotopic (exact) mass is 350 g/mol. The van der Waals surface area contributed by atoms with Gasteiger partial charge in [0, 0.05) is 29.2 Å². The Labute approximate surface area is 136 Å². The van der Waals surface area contributed by atoms with E-state index in [4.69, 9.17) is 28.9 Å². The van der Waals surface area contributed by atoms with Crippen LogP contribution >= 0.6 is 23.2 Å². The van der Waals surface area contributed by atoms with Gasteiger partial charge in [0.2, 0.25) is 10.0 Å². The Morgan fingerprint density at radius 2 is 1.81 bits per heavy atom. The van der Waals surface area contributed by atoms with Gasteiger partial charge in [-0.25, -0.2) is 8.42 Å². The summed E-state index contributed by atoms with van der Waals surface area (Å²) < 4.78 is 27.5. The van der Waals surface area contributed by atoms with Crippen molar-refractivity contribution in [1.82, 2.24) is 4.31 Å². The van der Waals surface area contributed by atoms with Gasteiger partial charge >= 0.3 is 0 Å². The molecule has 0 radical (unpaired) electrons. The maximum atomic E-state index is 13.0. The van der Waals surface area contributed by atoms with Crippen molar-refractivity contribution in [1.29, 1.82) is 0 Å². The normalized spacial score (nSPS) is 24.2. The molecule has 0 spiro atoms. The van der Waals surface area contributed by atoms with Gasteiger partial charge in [-0.2, -0.15) is 4.31 Å². The van der Waals surface area contributed by atoms with Crippen molar-refractivity contribution in [2.45, 2.75) is 56.6 Å². The van der Waals surface area contributed by atoms with Gasteiger partial charge in [-0.3, -0.25) is 0 Å². The fourth-order valence-corrected chi connectivity index (χ4v) is 5.74. The highest BCUT2D eigenvalue weighted by Crippen LogP contribution is 2.36. The molecular weight excluding hydrogens is 331 g/mol. The predicted octanol–water partition coefficient (Wildman–Crippen LogP) is 3.40. The molecule has 7 heteroatoms. The number of benzene rings is 1. The lowest BCUT2D eigenvalue weighted by Gasteiger charge is -2.38. The van der Waals surface area contributed by atoms with Crippen LogP contribution in [0, 0.1) is 0 Å². The van der Waals surface area contributed by atoms with Crippen molar-refractivity contribution in [3.8, 4) is 0 Å². The minimum Gasteiger partial charge on any atom is -0.326 e. The topological polar surface area (TPSA) is 63.4 Å². The summed E-state index contributed by atoms with van der Waals surface area (Å²) in [6, 6.07) is 2.94. The molecule has 0 unspecified atom stereocenters. The van der Waals surface area contributed by atoms with Crippen molar-refractivity contribution in [2.24, 2.45) is 5.73 Å². The van der Waals surface area contributed by atoms with E-state index in [0.29, 0.717) is 10.6 Å². The van der Waals surface area contributed by atoms with E-state index < -0.39 is 10.0 Å². The first-order valence-electron chi connectivity index (χ1n) is 7.01. The summed E-state index contributed by atoms with van der Waals surface area (Å²) in [6.45, 7) is 3.97. The van der Waals surface area contributed by atoms with E-state index in [9.17, 15) is 8.42 Å². The summed E-state index contributed by atoms with van der Waals surface area (Å²) in [4.78, 5) is 0.0922. The third kappa shape index (κ3) is 3.08. The average Bonchev–Trinajstić information content (AvgIpc) is 2.38. The Morgan fingerprint density at radius 3 is 2.33 bits per heavy atom. The van der Waals surface area contributed by atoms with Gasteiger partial charge in [0.15, 0.2) is 0 Å². The molecule has 2 atom stereocenters. The number of nitrogens with two attached hydrogens (primary N) is 1. The smallest absolute Gasteiger partial charge is 0.245 e. The second-order valence-corrected chi connectivity index (χ2v) is 8.10. The number of sulfonamides is 1. The Bertz CT molecular complexity index is 624. The summed E-state index contributed by atoms with van der Waals surface area (Å²) in [5.74, 6) is 0. The first-order valence-corrected chi connectivity index (χ1v) is 9.20. The minimum atomic E-state index is -3.65. The zero-order chi connectivity index (χ0) is 15.8. The molecule has 0 amide bonds. The van der Waals surface area contributed by atoms with Crippen LogP contribution in [0.4, 0.5) is 0 Å². The molecule has 1 heterocycles. The van der Waals surface area contributed by atoms with Gasteiger partial charge in [-0.1, -0.05) is 29.6 Å². The molecule has 2 rings (SSSR count). The van der Waals surface area contributed by atoms with Gasteiger partial charge in [0.1, 0.15) is 4.90 Å². The number of hydrogen-bond acceptors (Lipinski definition) is 3. The van der Waals surface area contributed by atoms with E-state index in [1.165, 1.54) is 6.07 Å². The van der Waals surface area contributed by atoms with Gasteiger partial charge in [0.05, 0.1) is 5.02 Å². The SMILES string of the molecule is C[C@@H]1CCC[C@H](C)N1S(=O)(=O)c1ccc(Cl)c(CN)c1Cl. The van der Waals surface area contributed by atoms with Crippen molar-refractivity contribution >= 4 is 33.2 Å². The second kappa shape index (κ2) is 6.42. The van der Waals surface area contributed by atoms with Crippen molar-refractivity contribution < 1.29 is 8.42 Å². The molecule has 1 aliphatic heterocycles. The summed E-state index contributed by atoms with van der Waals surface area (Å²) in [7, 11) is -3.65. The number of piperidine rings is 1.